The van der Waals surface area contributed by atoms with E-state index in [0.29, 0.717) is 0 Å². The highest BCUT2D eigenvalue weighted by molar-refractivity contribution is 7.99. The van der Waals surface area contributed by atoms with Crippen LogP contribution >= 0.6 is 11.8 Å². The van der Waals surface area contributed by atoms with Gasteiger partial charge in [0, 0.05) is 24.6 Å². The molecule has 0 atom stereocenters. The molecule has 1 N–H and O–H groups in total. The minimum Gasteiger partial charge on any atom is -0.380 e. The molecule has 0 aromatic heterocycles. The van der Waals surface area contributed by atoms with E-state index in [4.69, 9.17) is 18.9 Å². The standard InChI is InChI=1S/C4H9NO.C4H8O2.C4H8OS/c1-3-6-4-2-5-1;1-2-6-4-3-5-1;1-3-6-4-2-5-1/h5H,1-4H2;2*1-4H2. The first kappa shape index (κ1) is 16.2. The fraction of sp³-hybridized carbons (Fsp3) is 1.00. The molecule has 0 aromatic carbocycles. The van der Waals surface area contributed by atoms with Gasteiger partial charge in [0.2, 0.25) is 0 Å². The summed E-state index contributed by atoms with van der Waals surface area (Å²) in [5.74, 6) is 2.39. The number of rotatable bonds is 0. The first-order chi connectivity index (χ1) is 9.00. The van der Waals surface area contributed by atoms with E-state index in [-0.39, 0.29) is 0 Å². The van der Waals surface area contributed by atoms with Crippen LogP contribution in [0.1, 0.15) is 0 Å². The molecular weight excluding hydrogens is 254 g/mol. The SMILES string of the molecule is C1COCCN1.C1COCCO1.C1CSCCO1. The molecule has 3 rings (SSSR count). The summed E-state index contributed by atoms with van der Waals surface area (Å²) in [7, 11) is 0. The summed E-state index contributed by atoms with van der Waals surface area (Å²) in [5, 5.41) is 3.16. The molecule has 0 amide bonds. The van der Waals surface area contributed by atoms with Gasteiger partial charge in [0.1, 0.15) is 0 Å². The van der Waals surface area contributed by atoms with E-state index in [2.05, 4.69) is 5.32 Å². The highest BCUT2D eigenvalue weighted by atomic mass is 32.2. The number of morpholine rings is 1. The Morgan fingerprint density at radius 1 is 0.556 bits per heavy atom. The summed E-state index contributed by atoms with van der Waals surface area (Å²) in [5.41, 5.74) is 0. The van der Waals surface area contributed by atoms with Gasteiger partial charge in [0.15, 0.2) is 0 Å². The predicted molar refractivity (Wildman–Crippen MR) is 73.5 cm³/mol. The lowest BCUT2D eigenvalue weighted by atomic mass is 10.5. The molecule has 3 aliphatic heterocycles. The monoisotopic (exact) mass is 279 g/mol. The molecule has 3 fully saturated rings. The van der Waals surface area contributed by atoms with Crippen LogP contribution in [0.4, 0.5) is 0 Å². The topological polar surface area (TPSA) is 49.0 Å². The Bertz CT molecular complexity index is 99.1. The lowest BCUT2D eigenvalue weighted by Crippen LogP contribution is -2.30. The first-order valence-electron chi connectivity index (χ1n) is 6.59. The summed E-state index contributed by atoms with van der Waals surface area (Å²) in [6.07, 6.45) is 0. The fourth-order valence-corrected chi connectivity index (χ4v) is 2.07. The van der Waals surface area contributed by atoms with Crippen LogP contribution in [0.15, 0.2) is 0 Å². The molecule has 6 heteroatoms. The van der Waals surface area contributed by atoms with Gasteiger partial charge < -0.3 is 24.3 Å². The number of ether oxygens (including phenoxy) is 4. The van der Waals surface area contributed by atoms with Crippen LogP contribution in [0.2, 0.25) is 0 Å². The molecule has 0 saturated carbocycles. The van der Waals surface area contributed by atoms with Gasteiger partial charge in [-0.15, -0.1) is 0 Å². The third kappa shape index (κ3) is 11.3. The Kier molecular flexibility index (Phi) is 12.2. The van der Waals surface area contributed by atoms with Gasteiger partial charge in [-0.2, -0.15) is 11.8 Å². The molecule has 5 nitrogen and oxygen atoms in total. The van der Waals surface area contributed by atoms with Crippen molar-refractivity contribution in [1.82, 2.24) is 5.32 Å². The quantitative estimate of drug-likeness (QED) is 0.692. The van der Waals surface area contributed by atoms with Gasteiger partial charge in [-0.3, -0.25) is 0 Å². The Balaban J connectivity index is 0.000000135. The van der Waals surface area contributed by atoms with Gasteiger partial charge in [0.25, 0.3) is 0 Å². The van der Waals surface area contributed by atoms with Crippen LogP contribution in [0.5, 0.6) is 0 Å². The van der Waals surface area contributed by atoms with Crippen molar-refractivity contribution in [1.29, 1.82) is 0 Å². The van der Waals surface area contributed by atoms with Crippen molar-refractivity contribution in [3.8, 4) is 0 Å². The summed E-state index contributed by atoms with van der Waals surface area (Å²) in [4.78, 5) is 0. The van der Waals surface area contributed by atoms with E-state index in [1.807, 2.05) is 11.8 Å². The zero-order valence-electron chi connectivity index (χ0n) is 11.0. The molecule has 0 radical (unpaired) electrons. The Morgan fingerprint density at radius 2 is 1.00 bits per heavy atom. The number of nitrogens with one attached hydrogen (secondary N) is 1. The molecule has 0 aliphatic carbocycles. The maximum absolute atomic E-state index is 5.05. The average molecular weight is 279 g/mol. The van der Waals surface area contributed by atoms with Crippen molar-refractivity contribution >= 4 is 11.8 Å². The Labute approximate surface area is 114 Å². The average Bonchev–Trinajstić information content (AvgIpc) is 2.54. The van der Waals surface area contributed by atoms with E-state index in [1.165, 1.54) is 11.5 Å². The Morgan fingerprint density at radius 3 is 1.17 bits per heavy atom. The zero-order valence-corrected chi connectivity index (χ0v) is 11.8. The van der Waals surface area contributed by atoms with Gasteiger partial charge in [-0.05, 0) is 0 Å². The summed E-state index contributed by atoms with van der Waals surface area (Å²) >= 11 is 1.97. The molecular formula is C12H25NO4S. The van der Waals surface area contributed by atoms with Gasteiger partial charge in [-0.1, -0.05) is 0 Å². The van der Waals surface area contributed by atoms with Crippen molar-refractivity contribution < 1.29 is 18.9 Å². The predicted octanol–water partition coefficient (Wildman–Crippen LogP) is 0.389. The second kappa shape index (κ2) is 13.6. The first-order valence-corrected chi connectivity index (χ1v) is 7.75. The van der Waals surface area contributed by atoms with Crippen LogP contribution in [0.25, 0.3) is 0 Å². The molecule has 3 saturated heterocycles. The number of thioether (sulfide) groups is 1. The molecule has 3 aliphatic rings. The van der Waals surface area contributed by atoms with Crippen LogP contribution in [-0.4, -0.2) is 77.5 Å². The van der Waals surface area contributed by atoms with Gasteiger partial charge in [-0.25, -0.2) is 0 Å². The smallest absolute Gasteiger partial charge is 0.0701 e. The highest BCUT2D eigenvalue weighted by Gasteiger charge is 1.95. The van der Waals surface area contributed by atoms with Crippen LogP contribution < -0.4 is 5.32 Å². The maximum Gasteiger partial charge on any atom is 0.0701 e. The summed E-state index contributed by atoms with van der Waals surface area (Å²) in [6, 6.07) is 0. The zero-order chi connectivity index (χ0) is 12.7. The normalized spacial score (nSPS) is 24.0. The highest BCUT2D eigenvalue weighted by Crippen LogP contribution is 2.03. The fourth-order valence-electron chi connectivity index (χ4n) is 1.40. The van der Waals surface area contributed by atoms with Crippen molar-refractivity contribution in [2.24, 2.45) is 0 Å². The van der Waals surface area contributed by atoms with Crippen molar-refractivity contribution in [3.63, 3.8) is 0 Å². The van der Waals surface area contributed by atoms with Crippen LogP contribution in [0.3, 0.4) is 0 Å². The lowest BCUT2D eigenvalue weighted by molar-refractivity contribution is -0.0334. The second-order valence-corrected chi connectivity index (χ2v) is 5.04. The minimum atomic E-state index is 0.778. The molecule has 3 heterocycles. The molecule has 0 bridgehead atoms. The molecule has 108 valence electrons. The molecule has 18 heavy (non-hydrogen) atoms. The van der Waals surface area contributed by atoms with Crippen molar-refractivity contribution in [3.05, 3.63) is 0 Å². The largest absolute Gasteiger partial charge is 0.380 e. The number of hydrogen-bond acceptors (Lipinski definition) is 6. The molecule has 0 aromatic rings. The molecule has 0 spiro atoms. The third-order valence-corrected chi connectivity index (χ3v) is 3.25. The van der Waals surface area contributed by atoms with Crippen molar-refractivity contribution in [2.75, 3.05) is 77.5 Å². The van der Waals surface area contributed by atoms with E-state index >= 15 is 0 Å². The third-order valence-electron chi connectivity index (χ3n) is 2.33. The minimum absolute atomic E-state index is 0.778. The lowest BCUT2D eigenvalue weighted by Gasteiger charge is -2.10. The van der Waals surface area contributed by atoms with E-state index in [0.717, 1.165) is 65.9 Å². The summed E-state index contributed by atoms with van der Waals surface area (Å²) < 4.78 is 19.9. The maximum atomic E-state index is 5.05. The Hall–Kier alpha value is 0.150. The number of hydrogen-bond donors (Lipinski definition) is 1. The molecule has 0 unspecified atom stereocenters. The van der Waals surface area contributed by atoms with Crippen LogP contribution in [0, 0.1) is 0 Å². The van der Waals surface area contributed by atoms with E-state index in [1.54, 1.807) is 0 Å². The van der Waals surface area contributed by atoms with E-state index < -0.39 is 0 Å². The van der Waals surface area contributed by atoms with E-state index in [9.17, 15) is 0 Å². The van der Waals surface area contributed by atoms with Gasteiger partial charge >= 0.3 is 0 Å². The second-order valence-electron chi connectivity index (χ2n) is 3.81. The van der Waals surface area contributed by atoms with Crippen LogP contribution in [-0.2, 0) is 18.9 Å². The van der Waals surface area contributed by atoms with Crippen molar-refractivity contribution in [2.45, 2.75) is 0 Å². The van der Waals surface area contributed by atoms with Gasteiger partial charge in [0.05, 0.1) is 52.9 Å². The summed E-state index contributed by atoms with van der Waals surface area (Å²) in [6.45, 7) is 8.87.